The van der Waals surface area contributed by atoms with E-state index in [4.69, 9.17) is 23.2 Å². The van der Waals surface area contributed by atoms with E-state index in [1.54, 1.807) is 0 Å². The first-order valence-electron chi connectivity index (χ1n) is 2.00. The van der Waals surface area contributed by atoms with E-state index in [2.05, 4.69) is 0 Å². The third kappa shape index (κ3) is 6.51. The molecule has 0 unspecified atom stereocenters. The highest BCUT2D eigenvalue weighted by molar-refractivity contribution is 6.52. The third-order valence-corrected chi connectivity index (χ3v) is 0.877. The van der Waals surface area contributed by atoms with Gasteiger partial charge in [-0.3, -0.25) is 4.39 Å². The average Bonchev–Trinajstić information content (AvgIpc) is 1.61. The molecule has 3 heteroatoms. The molecule has 7 heavy (non-hydrogen) atoms. The second kappa shape index (κ2) is 4.66. The molecule has 0 amide bonds. The van der Waals surface area contributed by atoms with Crippen LogP contribution in [0.1, 0.15) is 12.8 Å². The lowest BCUT2D eigenvalue weighted by Crippen LogP contribution is -1.78. The molecule has 0 saturated carbocycles. The second-order valence-electron chi connectivity index (χ2n) is 1.13. The van der Waals surface area contributed by atoms with Crippen molar-refractivity contribution in [3.8, 4) is 0 Å². The highest BCUT2D eigenvalue weighted by Gasteiger charge is 1.96. The van der Waals surface area contributed by atoms with Gasteiger partial charge in [0.15, 0.2) is 4.84 Å². The molecule has 0 aromatic rings. The summed E-state index contributed by atoms with van der Waals surface area (Å²) in [5.74, 6) is 0. The van der Waals surface area contributed by atoms with Gasteiger partial charge >= 0.3 is 0 Å². The molecule has 0 nitrogen and oxygen atoms in total. The fourth-order valence-corrected chi connectivity index (χ4v) is 0.468. The van der Waals surface area contributed by atoms with Crippen molar-refractivity contribution in [2.75, 3.05) is 6.67 Å². The molecule has 0 rings (SSSR count). The summed E-state index contributed by atoms with van der Waals surface area (Å²) in [6, 6.07) is 0. The third-order valence-electron chi connectivity index (χ3n) is 0.499. The fourth-order valence-electron chi connectivity index (χ4n) is 0.200. The zero-order chi connectivity index (χ0) is 5.70. The Bertz CT molecular complexity index is 38.7. The topological polar surface area (TPSA) is 0 Å². The molecule has 0 spiro atoms. The van der Waals surface area contributed by atoms with Gasteiger partial charge in [0.2, 0.25) is 0 Å². The van der Waals surface area contributed by atoms with Gasteiger partial charge in [-0.2, -0.15) is 0 Å². The maximum atomic E-state index is 11.2. The summed E-state index contributed by atoms with van der Waals surface area (Å²) < 4.78 is 11.2. The van der Waals surface area contributed by atoms with Gasteiger partial charge in [-0.1, -0.05) is 23.2 Å². The lowest BCUT2D eigenvalue weighted by Gasteiger charge is -1.91. The van der Waals surface area contributed by atoms with Crippen molar-refractivity contribution >= 4 is 23.2 Å². The molecule has 0 aliphatic rings. The van der Waals surface area contributed by atoms with E-state index in [1.165, 1.54) is 0 Å². The maximum absolute atomic E-state index is 11.2. The largest absolute Gasteiger partial charge is 0.251 e. The minimum atomic E-state index is -0.344. The van der Waals surface area contributed by atoms with Crippen molar-refractivity contribution in [2.24, 2.45) is 0 Å². The van der Waals surface area contributed by atoms with Crippen LogP contribution in [0, 0.1) is 4.84 Å². The molecule has 0 saturated heterocycles. The molecule has 0 aromatic carbocycles. The van der Waals surface area contributed by atoms with E-state index in [-0.39, 0.29) is 11.5 Å². The quantitative estimate of drug-likeness (QED) is 0.571. The predicted molar refractivity (Wildman–Crippen MR) is 30.2 cm³/mol. The highest BCUT2D eigenvalue weighted by atomic mass is 35.5. The lowest BCUT2D eigenvalue weighted by molar-refractivity contribution is 0.473. The Morgan fingerprint density at radius 1 is 1.43 bits per heavy atom. The monoisotopic (exact) mass is 143 g/mol. The summed E-state index contributed by atoms with van der Waals surface area (Å²) in [7, 11) is 0. The van der Waals surface area contributed by atoms with Crippen LogP contribution in [-0.2, 0) is 0 Å². The Hall–Kier alpha value is 0.510. The zero-order valence-corrected chi connectivity index (χ0v) is 5.27. The summed E-state index contributed by atoms with van der Waals surface area (Å²) in [6.45, 7) is -0.344. The normalized spacial score (nSPS) is 10.3. The SMILES string of the molecule is FCCC[C](Cl)Cl. The van der Waals surface area contributed by atoms with E-state index < -0.39 is 0 Å². The van der Waals surface area contributed by atoms with Gasteiger partial charge in [-0.15, -0.1) is 0 Å². The summed E-state index contributed by atoms with van der Waals surface area (Å²) >= 11 is 10.3. The van der Waals surface area contributed by atoms with Gasteiger partial charge in [0.05, 0.1) is 6.67 Å². The molecule has 0 bridgehead atoms. The van der Waals surface area contributed by atoms with Gasteiger partial charge < -0.3 is 0 Å². The summed E-state index contributed by atoms with van der Waals surface area (Å²) in [5.41, 5.74) is 0. The van der Waals surface area contributed by atoms with Crippen LogP contribution in [0.25, 0.3) is 0 Å². The van der Waals surface area contributed by atoms with Crippen molar-refractivity contribution in [3.05, 3.63) is 4.84 Å². The number of rotatable bonds is 3. The van der Waals surface area contributed by atoms with Crippen LogP contribution in [0.2, 0.25) is 0 Å². The molecule has 43 valence electrons. The van der Waals surface area contributed by atoms with E-state index in [1.807, 2.05) is 0 Å². The highest BCUT2D eigenvalue weighted by Crippen LogP contribution is 2.17. The van der Waals surface area contributed by atoms with Gasteiger partial charge in [-0.25, -0.2) is 0 Å². The number of alkyl halides is 1. The van der Waals surface area contributed by atoms with Crippen molar-refractivity contribution in [3.63, 3.8) is 0 Å². The zero-order valence-electron chi connectivity index (χ0n) is 3.76. The van der Waals surface area contributed by atoms with Crippen LogP contribution in [0.4, 0.5) is 4.39 Å². The Kier molecular flexibility index (Phi) is 5.00. The number of hydrogen-bond acceptors (Lipinski definition) is 0. The predicted octanol–water partition coefficient (Wildman–Crippen LogP) is 2.70. The minimum Gasteiger partial charge on any atom is -0.251 e. The van der Waals surface area contributed by atoms with E-state index in [0.29, 0.717) is 12.8 Å². The molecular formula is C4H6Cl2F. The Balaban J connectivity index is 2.68. The molecule has 0 aromatic heterocycles. The average molecular weight is 144 g/mol. The summed E-state index contributed by atoms with van der Waals surface area (Å²) in [6.07, 6.45) is 0.905. The van der Waals surface area contributed by atoms with E-state index >= 15 is 0 Å². The fraction of sp³-hybridized carbons (Fsp3) is 0.750. The van der Waals surface area contributed by atoms with Crippen LogP contribution in [0.5, 0.6) is 0 Å². The van der Waals surface area contributed by atoms with Crippen molar-refractivity contribution in [1.82, 2.24) is 0 Å². The first-order chi connectivity index (χ1) is 3.27. The van der Waals surface area contributed by atoms with Gasteiger partial charge in [-0.05, 0) is 12.8 Å². The van der Waals surface area contributed by atoms with E-state index in [0.717, 1.165) is 0 Å². The Morgan fingerprint density at radius 3 is 2.14 bits per heavy atom. The van der Waals surface area contributed by atoms with Gasteiger partial charge in [0.25, 0.3) is 0 Å². The maximum Gasteiger partial charge on any atom is 0.151 e. The molecular weight excluding hydrogens is 138 g/mol. The summed E-state index contributed by atoms with van der Waals surface area (Å²) in [4.78, 5) is 0.262. The van der Waals surface area contributed by atoms with Gasteiger partial charge in [0, 0.05) is 0 Å². The molecule has 0 N–H and O–H groups in total. The smallest absolute Gasteiger partial charge is 0.151 e. The van der Waals surface area contributed by atoms with Crippen molar-refractivity contribution < 1.29 is 4.39 Å². The Labute approximate surface area is 52.6 Å². The Morgan fingerprint density at radius 2 is 2.00 bits per heavy atom. The summed E-state index contributed by atoms with van der Waals surface area (Å²) in [5, 5.41) is 0. The molecule has 0 aliphatic heterocycles. The first-order valence-corrected chi connectivity index (χ1v) is 2.75. The lowest BCUT2D eigenvalue weighted by atomic mass is 10.4. The van der Waals surface area contributed by atoms with Crippen molar-refractivity contribution in [2.45, 2.75) is 12.8 Å². The number of hydrogen-bond donors (Lipinski definition) is 0. The van der Waals surface area contributed by atoms with Crippen LogP contribution in [0.3, 0.4) is 0 Å². The molecule has 1 radical (unpaired) electrons. The standard InChI is InChI=1S/C4H6Cl2F/c5-4(6)2-1-3-7/h1-3H2. The van der Waals surface area contributed by atoms with Crippen molar-refractivity contribution in [1.29, 1.82) is 0 Å². The van der Waals surface area contributed by atoms with Crippen LogP contribution >= 0.6 is 23.2 Å². The van der Waals surface area contributed by atoms with Crippen LogP contribution < -0.4 is 0 Å². The molecule has 0 atom stereocenters. The molecule has 0 fully saturated rings. The van der Waals surface area contributed by atoms with Gasteiger partial charge in [0.1, 0.15) is 0 Å². The first kappa shape index (κ1) is 7.51. The number of halogens is 3. The van der Waals surface area contributed by atoms with E-state index in [9.17, 15) is 4.39 Å². The molecule has 0 heterocycles. The minimum absolute atomic E-state index is 0.262. The molecule has 0 aliphatic carbocycles. The second-order valence-corrected chi connectivity index (χ2v) is 2.24. The van der Waals surface area contributed by atoms with Crippen LogP contribution in [-0.4, -0.2) is 6.67 Å². The van der Waals surface area contributed by atoms with Crippen LogP contribution in [0.15, 0.2) is 0 Å².